The number of carbonyl (C=O) groups excluding carboxylic acids is 1. The monoisotopic (exact) mass is 261 g/mol. The molecule has 0 aromatic heterocycles. The smallest absolute Gasteiger partial charge is 0.313 e. The summed E-state index contributed by atoms with van der Waals surface area (Å²) in [6.07, 6.45) is 1.80. The Labute approximate surface area is 115 Å². The molecule has 0 radical (unpaired) electrons. The minimum atomic E-state index is -0.365. The third-order valence-corrected chi connectivity index (χ3v) is 4.63. The van der Waals surface area contributed by atoms with E-state index in [0.717, 1.165) is 12.8 Å². The van der Waals surface area contributed by atoms with Gasteiger partial charge < -0.3 is 10.1 Å². The Morgan fingerprint density at radius 3 is 2.37 bits per heavy atom. The number of aryl methyl sites for hydroxylation is 1. The number of benzene rings is 1. The fourth-order valence-corrected chi connectivity index (χ4v) is 2.97. The highest BCUT2D eigenvalue weighted by molar-refractivity contribution is 5.81. The first-order valence-corrected chi connectivity index (χ1v) is 6.80. The zero-order valence-corrected chi connectivity index (χ0v) is 12.5. The number of ether oxygens (including phenoxy) is 1. The Balaban J connectivity index is 2.44. The van der Waals surface area contributed by atoms with E-state index in [1.807, 2.05) is 7.05 Å². The van der Waals surface area contributed by atoms with Gasteiger partial charge in [0.05, 0.1) is 12.5 Å². The molecule has 0 heterocycles. The molecule has 1 aromatic rings. The summed E-state index contributed by atoms with van der Waals surface area (Å²) in [6.45, 7) is 6.39. The van der Waals surface area contributed by atoms with Crippen LogP contribution < -0.4 is 5.32 Å². The van der Waals surface area contributed by atoms with E-state index in [2.05, 4.69) is 38.2 Å². The Morgan fingerprint density at radius 1 is 1.26 bits per heavy atom. The number of hydrogen-bond donors (Lipinski definition) is 1. The van der Waals surface area contributed by atoms with Crippen LogP contribution >= 0.6 is 0 Å². The molecule has 0 saturated heterocycles. The van der Waals surface area contributed by atoms with Gasteiger partial charge in [0.15, 0.2) is 0 Å². The highest BCUT2D eigenvalue weighted by atomic mass is 16.5. The highest BCUT2D eigenvalue weighted by Crippen LogP contribution is 2.56. The van der Waals surface area contributed by atoms with E-state index in [9.17, 15) is 4.79 Å². The van der Waals surface area contributed by atoms with Crippen LogP contribution in [0.25, 0.3) is 0 Å². The fraction of sp³-hybridized carbons (Fsp3) is 0.562. The number of methoxy groups -OCH3 is 1. The summed E-state index contributed by atoms with van der Waals surface area (Å²) >= 11 is 0. The van der Waals surface area contributed by atoms with Crippen LogP contribution in [0, 0.1) is 26.2 Å². The number of esters is 1. The van der Waals surface area contributed by atoms with Crippen LogP contribution in [-0.2, 0) is 9.53 Å². The lowest BCUT2D eigenvalue weighted by Crippen LogP contribution is -2.34. The van der Waals surface area contributed by atoms with Crippen molar-refractivity contribution in [3.8, 4) is 0 Å². The lowest BCUT2D eigenvalue weighted by atomic mass is 9.85. The summed E-state index contributed by atoms with van der Waals surface area (Å²) in [5, 5.41) is 3.32. The van der Waals surface area contributed by atoms with Crippen molar-refractivity contribution in [3.63, 3.8) is 0 Å². The molecule has 0 aliphatic heterocycles. The molecule has 1 atom stereocenters. The van der Waals surface area contributed by atoms with Crippen LogP contribution in [0.15, 0.2) is 12.1 Å². The molecular weight excluding hydrogens is 238 g/mol. The molecule has 104 valence electrons. The second kappa shape index (κ2) is 4.97. The lowest BCUT2D eigenvalue weighted by Gasteiger charge is -2.27. The first kappa shape index (κ1) is 14.1. The highest BCUT2D eigenvalue weighted by Gasteiger charge is 2.57. The van der Waals surface area contributed by atoms with E-state index in [4.69, 9.17) is 4.74 Å². The van der Waals surface area contributed by atoms with Crippen molar-refractivity contribution >= 4 is 5.97 Å². The summed E-state index contributed by atoms with van der Waals surface area (Å²) < 4.78 is 5.00. The van der Waals surface area contributed by atoms with Crippen molar-refractivity contribution < 1.29 is 9.53 Å². The molecule has 3 nitrogen and oxygen atoms in total. The van der Waals surface area contributed by atoms with Gasteiger partial charge >= 0.3 is 5.97 Å². The van der Waals surface area contributed by atoms with Crippen LogP contribution in [0.3, 0.4) is 0 Å². The zero-order chi connectivity index (χ0) is 14.2. The Hall–Kier alpha value is -1.35. The van der Waals surface area contributed by atoms with Gasteiger partial charge in [-0.1, -0.05) is 12.1 Å². The van der Waals surface area contributed by atoms with Crippen molar-refractivity contribution in [1.29, 1.82) is 0 Å². The van der Waals surface area contributed by atoms with Crippen molar-refractivity contribution in [2.75, 3.05) is 14.2 Å². The number of hydrogen-bond acceptors (Lipinski definition) is 3. The Morgan fingerprint density at radius 2 is 1.89 bits per heavy atom. The third kappa shape index (κ3) is 2.16. The maximum Gasteiger partial charge on any atom is 0.313 e. The topological polar surface area (TPSA) is 38.3 Å². The average Bonchev–Trinajstić information content (AvgIpc) is 3.20. The minimum absolute atomic E-state index is 0.0410. The molecule has 2 rings (SSSR count). The van der Waals surface area contributed by atoms with Gasteiger partial charge in [-0.05, 0) is 62.9 Å². The maximum absolute atomic E-state index is 12.1. The summed E-state index contributed by atoms with van der Waals surface area (Å²) in [4.78, 5) is 12.1. The molecule has 0 spiro atoms. The van der Waals surface area contributed by atoms with Gasteiger partial charge in [-0.2, -0.15) is 0 Å². The second-order valence-corrected chi connectivity index (χ2v) is 5.59. The van der Waals surface area contributed by atoms with E-state index in [0.29, 0.717) is 0 Å². The Bertz CT molecular complexity index is 504. The van der Waals surface area contributed by atoms with Crippen molar-refractivity contribution in [2.24, 2.45) is 5.41 Å². The standard InChI is InChI=1S/C16H23NO2/c1-10-6-7-13(12(3)11(10)2)14(17-4)16(8-9-16)15(18)19-5/h6-7,14,17H,8-9H2,1-5H3. The number of carbonyl (C=O) groups is 1. The van der Waals surface area contributed by atoms with Crippen molar-refractivity contribution in [1.82, 2.24) is 5.32 Å². The van der Waals surface area contributed by atoms with Crippen LogP contribution in [0.1, 0.15) is 41.1 Å². The predicted octanol–water partition coefficient (Wildman–Crippen LogP) is 2.83. The SMILES string of the molecule is CNC(c1ccc(C)c(C)c1C)C1(C(=O)OC)CC1. The van der Waals surface area contributed by atoms with Crippen LogP contribution in [-0.4, -0.2) is 20.1 Å². The largest absolute Gasteiger partial charge is 0.469 e. The quantitative estimate of drug-likeness (QED) is 0.847. The number of rotatable bonds is 4. The lowest BCUT2D eigenvalue weighted by molar-refractivity contribution is -0.148. The van der Waals surface area contributed by atoms with E-state index >= 15 is 0 Å². The van der Waals surface area contributed by atoms with E-state index in [1.54, 1.807) is 0 Å². The zero-order valence-electron chi connectivity index (χ0n) is 12.5. The number of nitrogens with one attached hydrogen (secondary N) is 1. The molecular formula is C16H23NO2. The molecule has 1 aliphatic carbocycles. The minimum Gasteiger partial charge on any atom is -0.469 e. The first-order valence-electron chi connectivity index (χ1n) is 6.80. The summed E-state index contributed by atoms with van der Waals surface area (Å²) in [7, 11) is 3.39. The van der Waals surface area contributed by atoms with Gasteiger partial charge in [0, 0.05) is 6.04 Å². The predicted molar refractivity (Wildman–Crippen MR) is 76.1 cm³/mol. The summed E-state index contributed by atoms with van der Waals surface area (Å²) in [6, 6.07) is 4.32. The van der Waals surface area contributed by atoms with Gasteiger partial charge in [-0.3, -0.25) is 4.79 Å². The molecule has 1 aliphatic rings. The van der Waals surface area contributed by atoms with Gasteiger partial charge in [-0.15, -0.1) is 0 Å². The van der Waals surface area contributed by atoms with E-state index in [1.165, 1.54) is 29.4 Å². The molecule has 3 heteroatoms. The molecule has 1 saturated carbocycles. The maximum atomic E-state index is 12.1. The second-order valence-electron chi connectivity index (χ2n) is 5.59. The van der Waals surface area contributed by atoms with Gasteiger partial charge in [0.2, 0.25) is 0 Å². The first-order chi connectivity index (χ1) is 8.97. The Kier molecular flexibility index (Phi) is 3.68. The fourth-order valence-electron chi connectivity index (χ4n) is 2.97. The van der Waals surface area contributed by atoms with Gasteiger partial charge in [0.1, 0.15) is 0 Å². The summed E-state index contributed by atoms with van der Waals surface area (Å²) in [5.41, 5.74) is 4.72. The third-order valence-electron chi connectivity index (χ3n) is 4.63. The van der Waals surface area contributed by atoms with Crippen LogP contribution in [0.4, 0.5) is 0 Å². The van der Waals surface area contributed by atoms with Crippen LogP contribution in [0.2, 0.25) is 0 Å². The molecule has 1 aromatic carbocycles. The van der Waals surface area contributed by atoms with Gasteiger partial charge in [-0.25, -0.2) is 0 Å². The molecule has 1 unspecified atom stereocenters. The van der Waals surface area contributed by atoms with Crippen molar-refractivity contribution in [3.05, 3.63) is 34.4 Å². The van der Waals surface area contributed by atoms with E-state index < -0.39 is 0 Å². The normalized spacial score (nSPS) is 17.9. The molecule has 1 fully saturated rings. The van der Waals surface area contributed by atoms with Crippen molar-refractivity contribution in [2.45, 2.75) is 39.7 Å². The average molecular weight is 261 g/mol. The van der Waals surface area contributed by atoms with Gasteiger partial charge in [0.25, 0.3) is 0 Å². The molecule has 0 bridgehead atoms. The summed E-state index contributed by atoms with van der Waals surface area (Å²) in [5.74, 6) is -0.0931. The molecule has 1 N–H and O–H groups in total. The van der Waals surface area contributed by atoms with Crippen LogP contribution in [0.5, 0.6) is 0 Å². The molecule has 0 amide bonds. The molecule has 19 heavy (non-hydrogen) atoms. The van der Waals surface area contributed by atoms with E-state index in [-0.39, 0.29) is 17.4 Å².